The van der Waals surface area contributed by atoms with Crippen molar-refractivity contribution in [3.05, 3.63) is 63.1 Å². The summed E-state index contributed by atoms with van der Waals surface area (Å²) in [5.74, 6) is -0.828. The number of hydrogen-bond acceptors (Lipinski definition) is 5. The third-order valence-electron chi connectivity index (χ3n) is 5.01. The van der Waals surface area contributed by atoms with E-state index in [2.05, 4.69) is 4.72 Å². The zero-order valence-electron chi connectivity index (χ0n) is 15.5. The lowest BCUT2D eigenvalue weighted by Gasteiger charge is -2.42. The van der Waals surface area contributed by atoms with Crippen LogP contribution in [0.25, 0.3) is 0 Å². The van der Waals surface area contributed by atoms with Crippen LogP contribution in [0.1, 0.15) is 40.7 Å². The van der Waals surface area contributed by atoms with Gasteiger partial charge in [-0.05, 0) is 61.6 Å². The molecule has 1 aliphatic rings. The minimum atomic E-state index is -4.06. The highest BCUT2D eigenvalue weighted by molar-refractivity contribution is 7.89. The van der Waals surface area contributed by atoms with Gasteiger partial charge in [0.1, 0.15) is 0 Å². The standard InChI is InChI=1S/C20H18Cl2N2O4S/c1-28-19(25)16-9-13(12-23)3-6-18(16)29(26,27)24-20(7-2-8-20)11-14-4-5-15(21)10-17(14)22/h3-6,9-10,24H,2,7-8,11H2,1H3. The van der Waals surface area contributed by atoms with E-state index in [-0.39, 0.29) is 16.0 Å². The molecule has 0 saturated heterocycles. The van der Waals surface area contributed by atoms with Gasteiger partial charge in [-0.2, -0.15) is 5.26 Å². The van der Waals surface area contributed by atoms with Crippen molar-refractivity contribution in [2.45, 2.75) is 36.1 Å². The van der Waals surface area contributed by atoms with Crippen molar-refractivity contribution >= 4 is 39.2 Å². The van der Waals surface area contributed by atoms with Crippen LogP contribution in [0.4, 0.5) is 0 Å². The number of nitriles is 1. The number of nitrogens with zero attached hydrogens (tertiary/aromatic N) is 1. The molecule has 3 rings (SSSR count). The second kappa shape index (κ2) is 8.33. The maximum Gasteiger partial charge on any atom is 0.339 e. The van der Waals surface area contributed by atoms with Crippen molar-refractivity contribution in [3.63, 3.8) is 0 Å². The third-order valence-corrected chi connectivity index (χ3v) is 7.23. The Bertz CT molecular complexity index is 1110. The number of methoxy groups -OCH3 is 1. The van der Waals surface area contributed by atoms with Gasteiger partial charge in [0.15, 0.2) is 0 Å². The summed E-state index contributed by atoms with van der Waals surface area (Å²) in [5, 5.41) is 10.0. The summed E-state index contributed by atoms with van der Waals surface area (Å²) in [4.78, 5) is 11.9. The lowest BCUT2D eigenvalue weighted by Crippen LogP contribution is -2.55. The minimum absolute atomic E-state index is 0.163. The number of ether oxygens (including phenoxy) is 1. The molecule has 9 heteroatoms. The quantitative estimate of drug-likeness (QED) is 0.665. The van der Waals surface area contributed by atoms with Gasteiger partial charge in [-0.1, -0.05) is 29.3 Å². The van der Waals surface area contributed by atoms with Crippen molar-refractivity contribution in [1.82, 2.24) is 4.72 Å². The second-order valence-corrected chi connectivity index (χ2v) is 9.46. The number of sulfonamides is 1. The smallest absolute Gasteiger partial charge is 0.339 e. The minimum Gasteiger partial charge on any atom is -0.465 e. The van der Waals surface area contributed by atoms with Gasteiger partial charge in [-0.15, -0.1) is 0 Å². The molecule has 0 spiro atoms. The van der Waals surface area contributed by atoms with E-state index in [1.54, 1.807) is 18.2 Å². The number of rotatable bonds is 6. The summed E-state index contributed by atoms with van der Waals surface area (Å²) in [6, 6.07) is 10.8. The zero-order chi connectivity index (χ0) is 21.2. The summed E-state index contributed by atoms with van der Waals surface area (Å²) in [6.45, 7) is 0. The number of esters is 1. The van der Waals surface area contributed by atoms with Crippen molar-refractivity contribution in [2.24, 2.45) is 0 Å². The first-order chi connectivity index (χ1) is 13.7. The molecule has 0 amide bonds. The maximum atomic E-state index is 13.2. The summed E-state index contributed by atoms with van der Waals surface area (Å²) in [7, 11) is -2.91. The first kappa shape index (κ1) is 21.6. The first-order valence-corrected chi connectivity index (χ1v) is 11.0. The normalized spacial score (nSPS) is 15.2. The molecule has 29 heavy (non-hydrogen) atoms. The predicted molar refractivity (Wildman–Crippen MR) is 110 cm³/mol. The number of benzene rings is 2. The molecule has 2 aromatic carbocycles. The Morgan fingerprint density at radius 1 is 1.24 bits per heavy atom. The number of hydrogen-bond donors (Lipinski definition) is 1. The average Bonchev–Trinajstić information content (AvgIpc) is 2.66. The lowest BCUT2D eigenvalue weighted by molar-refractivity contribution is 0.0596. The summed E-state index contributed by atoms with van der Waals surface area (Å²) in [5.41, 5.74) is 0.0533. The fourth-order valence-corrected chi connectivity index (χ4v) is 5.50. The van der Waals surface area contributed by atoms with Crippen LogP contribution >= 0.6 is 23.2 Å². The predicted octanol–water partition coefficient (Wildman–Crippen LogP) is 4.10. The SMILES string of the molecule is COC(=O)c1cc(C#N)ccc1S(=O)(=O)NC1(Cc2ccc(Cl)cc2Cl)CCC1. The van der Waals surface area contributed by atoms with E-state index in [9.17, 15) is 13.2 Å². The van der Waals surface area contributed by atoms with Crippen LogP contribution in [0.3, 0.4) is 0 Å². The Hall–Kier alpha value is -2.11. The van der Waals surface area contributed by atoms with Gasteiger partial charge in [0.05, 0.1) is 29.2 Å². The first-order valence-electron chi connectivity index (χ1n) is 8.80. The molecule has 2 aromatic rings. The summed E-state index contributed by atoms with van der Waals surface area (Å²) >= 11 is 12.2. The highest BCUT2D eigenvalue weighted by Crippen LogP contribution is 2.38. The van der Waals surface area contributed by atoms with Crippen LogP contribution in [0, 0.1) is 11.3 Å². The van der Waals surface area contributed by atoms with Crippen LogP contribution in [-0.2, 0) is 21.2 Å². The van der Waals surface area contributed by atoms with Crippen LogP contribution in [0.15, 0.2) is 41.3 Å². The van der Waals surface area contributed by atoms with Gasteiger partial charge in [0.2, 0.25) is 10.0 Å². The highest BCUT2D eigenvalue weighted by atomic mass is 35.5. The second-order valence-electron chi connectivity index (χ2n) is 6.97. The van der Waals surface area contributed by atoms with Gasteiger partial charge in [0.25, 0.3) is 0 Å². The third kappa shape index (κ3) is 4.57. The lowest BCUT2D eigenvalue weighted by atomic mass is 9.74. The molecule has 0 heterocycles. The van der Waals surface area contributed by atoms with Crippen molar-refractivity contribution in [3.8, 4) is 6.07 Å². The number of halogens is 2. The molecule has 1 aliphatic carbocycles. The number of carbonyl (C=O) groups is 1. The van der Waals surface area contributed by atoms with E-state index in [1.807, 2.05) is 6.07 Å². The zero-order valence-corrected chi connectivity index (χ0v) is 17.9. The van der Waals surface area contributed by atoms with Crippen molar-refractivity contribution in [1.29, 1.82) is 5.26 Å². The van der Waals surface area contributed by atoms with Gasteiger partial charge >= 0.3 is 5.97 Å². The molecule has 1 fully saturated rings. The Labute approximate surface area is 179 Å². The van der Waals surface area contributed by atoms with E-state index in [1.165, 1.54) is 18.2 Å². The largest absolute Gasteiger partial charge is 0.465 e. The Morgan fingerprint density at radius 2 is 1.97 bits per heavy atom. The fourth-order valence-electron chi connectivity index (χ4n) is 3.39. The topological polar surface area (TPSA) is 96.3 Å². The van der Waals surface area contributed by atoms with Gasteiger partial charge < -0.3 is 4.74 Å². The molecule has 152 valence electrons. The van der Waals surface area contributed by atoms with E-state index in [0.29, 0.717) is 29.3 Å². The van der Waals surface area contributed by atoms with Crippen molar-refractivity contribution in [2.75, 3.05) is 7.11 Å². The molecule has 0 aromatic heterocycles. The van der Waals surface area contributed by atoms with Crippen LogP contribution < -0.4 is 4.72 Å². The average molecular weight is 453 g/mol. The molecular formula is C20H18Cl2N2O4S. The molecule has 0 bridgehead atoms. The Morgan fingerprint density at radius 3 is 2.52 bits per heavy atom. The highest BCUT2D eigenvalue weighted by Gasteiger charge is 2.42. The molecule has 0 radical (unpaired) electrons. The van der Waals surface area contributed by atoms with Crippen LogP contribution in [0.2, 0.25) is 10.0 Å². The summed E-state index contributed by atoms with van der Waals surface area (Å²) < 4.78 is 33.8. The van der Waals surface area contributed by atoms with Gasteiger partial charge in [0, 0.05) is 15.6 Å². The number of carbonyl (C=O) groups excluding carboxylic acids is 1. The molecule has 6 nitrogen and oxygen atoms in total. The molecule has 0 atom stereocenters. The summed E-state index contributed by atoms with van der Waals surface area (Å²) in [6.07, 6.45) is 2.53. The molecular weight excluding hydrogens is 435 g/mol. The van der Waals surface area contributed by atoms with Crippen LogP contribution in [-0.4, -0.2) is 27.0 Å². The molecule has 0 unspecified atom stereocenters. The van der Waals surface area contributed by atoms with Crippen molar-refractivity contribution < 1.29 is 17.9 Å². The van der Waals surface area contributed by atoms with E-state index in [0.717, 1.165) is 19.1 Å². The van der Waals surface area contributed by atoms with E-state index >= 15 is 0 Å². The van der Waals surface area contributed by atoms with E-state index in [4.69, 9.17) is 33.2 Å². The molecule has 1 N–H and O–H groups in total. The molecule has 0 aliphatic heterocycles. The van der Waals surface area contributed by atoms with Gasteiger partial charge in [-0.3, -0.25) is 0 Å². The Balaban J connectivity index is 1.95. The fraction of sp³-hybridized carbons (Fsp3) is 0.300. The molecule has 1 saturated carbocycles. The van der Waals surface area contributed by atoms with Gasteiger partial charge in [-0.25, -0.2) is 17.9 Å². The number of nitrogens with one attached hydrogen (secondary N) is 1. The van der Waals surface area contributed by atoms with E-state index < -0.39 is 21.5 Å². The van der Waals surface area contributed by atoms with Crippen LogP contribution in [0.5, 0.6) is 0 Å². The monoisotopic (exact) mass is 452 g/mol. The Kier molecular flexibility index (Phi) is 6.20. The maximum absolute atomic E-state index is 13.2.